The molecule has 1 aromatic heterocycles. The molecule has 1 aliphatic heterocycles. The van der Waals surface area contributed by atoms with Gasteiger partial charge in [-0.05, 0) is 19.4 Å². The first kappa shape index (κ1) is 12.5. The van der Waals surface area contributed by atoms with Gasteiger partial charge in [0.2, 0.25) is 5.91 Å². The fourth-order valence-electron chi connectivity index (χ4n) is 2.10. The largest absolute Gasteiger partial charge is 0.355 e. The lowest BCUT2D eigenvalue weighted by Crippen LogP contribution is -2.35. The molecular weight excluding hydrogens is 234 g/mol. The molecule has 2 rings (SSSR count). The van der Waals surface area contributed by atoms with Crippen molar-refractivity contribution in [1.29, 1.82) is 0 Å². The molecule has 0 aliphatic carbocycles. The van der Waals surface area contributed by atoms with Crippen molar-refractivity contribution >= 4 is 17.2 Å². The maximum Gasteiger partial charge on any atom is 0.224 e. The van der Waals surface area contributed by atoms with Crippen molar-refractivity contribution in [3.05, 3.63) is 16.1 Å². The number of hydrogen-bond donors (Lipinski definition) is 2. The summed E-state index contributed by atoms with van der Waals surface area (Å²) in [5.74, 6) is 0.751. The van der Waals surface area contributed by atoms with Gasteiger partial charge in [0.15, 0.2) is 0 Å². The summed E-state index contributed by atoms with van der Waals surface area (Å²) in [5, 5.41) is 9.38. The summed E-state index contributed by atoms with van der Waals surface area (Å²) in [6.07, 6.45) is 0.832. The van der Waals surface area contributed by atoms with Gasteiger partial charge < -0.3 is 10.6 Å². The number of amides is 1. The summed E-state index contributed by atoms with van der Waals surface area (Å²) in [6.45, 7) is 6.56. The van der Waals surface area contributed by atoms with Crippen LogP contribution in [0.2, 0.25) is 0 Å². The minimum absolute atomic E-state index is 0.132. The lowest BCUT2D eigenvalue weighted by atomic mass is 9.97. The number of nitrogens with zero attached hydrogens (tertiary/aromatic N) is 1. The van der Waals surface area contributed by atoms with Crippen LogP contribution in [0.1, 0.15) is 17.6 Å². The van der Waals surface area contributed by atoms with Gasteiger partial charge in [-0.3, -0.25) is 4.79 Å². The number of aromatic nitrogens is 1. The van der Waals surface area contributed by atoms with Crippen LogP contribution in [0.3, 0.4) is 0 Å². The molecule has 1 saturated heterocycles. The number of aryl methyl sites for hydroxylation is 1. The smallest absolute Gasteiger partial charge is 0.224 e. The summed E-state index contributed by atoms with van der Waals surface area (Å²) in [4.78, 5) is 16.3. The standard InChI is InChI=1S/C12H19N3OS/c1-8-5-13-6-10(8)12(16)14-4-3-11-15-9(2)7-17-11/h7-8,10,13H,3-6H2,1-2H3,(H,14,16)/t8-,10-/m1/s1. The van der Waals surface area contributed by atoms with Crippen LogP contribution >= 0.6 is 11.3 Å². The summed E-state index contributed by atoms with van der Waals surface area (Å²) >= 11 is 1.66. The van der Waals surface area contributed by atoms with Crippen molar-refractivity contribution in [3.8, 4) is 0 Å². The maximum absolute atomic E-state index is 11.9. The van der Waals surface area contributed by atoms with E-state index >= 15 is 0 Å². The molecule has 0 bridgehead atoms. The molecule has 1 fully saturated rings. The number of hydrogen-bond acceptors (Lipinski definition) is 4. The molecule has 0 saturated carbocycles. The molecule has 17 heavy (non-hydrogen) atoms. The lowest BCUT2D eigenvalue weighted by Gasteiger charge is -2.13. The van der Waals surface area contributed by atoms with E-state index < -0.39 is 0 Å². The highest BCUT2D eigenvalue weighted by molar-refractivity contribution is 7.09. The first-order valence-corrected chi connectivity index (χ1v) is 6.94. The van der Waals surface area contributed by atoms with Crippen LogP contribution in [-0.2, 0) is 11.2 Å². The second-order valence-corrected chi connectivity index (χ2v) is 5.61. The molecular formula is C12H19N3OS. The second kappa shape index (κ2) is 5.60. The monoisotopic (exact) mass is 253 g/mol. The Morgan fingerprint density at radius 2 is 2.47 bits per heavy atom. The fraction of sp³-hybridized carbons (Fsp3) is 0.667. The minimum atomic E-state index is 0.132. The molecule has 94 valence electrons. The Kier molecular flexibility index (Phi) is 4.12. The Hall–Kier alpha value is -0.940. The number of nitrogens with one attached hydrogen (secondary N) is 2. The van der Waals surface area contributed by atoms with Gasteiger partial charge in [-0.15, -0.1) is 11.3 Å². The van der Waals surface area contributed by atoms with E-state index in [4.69, 9.17) is 0 Å². The number of rotatable bonds is 4. The van der Waals surface area contributed by atoms with E-state index in [1.807, 2.05) is 12.3 Å². The van der Waals surface area contributed by atoms with Crippen LogP contribution < -0.4 is 10.6 Å². The highest BCUT2D eigenvalue weighted by Gasteiger charge is 2.28. The highest BCUT2D eigenvalue weighted by Crippen LogP contribution is 2.15. The van der Waals surface area contributed by atoms with E-state index in [1.165, 1.54) is 0 Å². The zero-order chi connectivity index (χ0) is 12.3. The van der Waals surface area contributed by atoms with Crippen molar-refractivity contribution in [2.45, 2.75) is 20.3 Å². The summed E-state index contributed by atoms with van der Waals surface area (Å²) in [5.41, 5.74) is 1.06. The van der Waals surface area contributed by atoms with Gasteiger partial charge >= 0.3 is 0 Å². The first-order valence-electron chi connectivity index (χ1n) is 6.06. The molecule has 2 atom stereocenters. The summed E-state index contributed by atoms with van der Waals surface area (Å²) < 4.78 is 0. The molecule has 0 spiro atoms. The quantitative estimate of drug-likeness (QED) is 0.840. The third kappa shape index (κ3) is 3.26. The van der Waals surface area contributed by atoms with Crippen molar-refractivity contribution in [3.63, 3.8) is 0 Å². The van der Waals surface area contributed by atoms with Gasteiger partial charge in [0, 0.05) is 30.6 Å². The van der Waals surface area contributed by atoms with Crippen LogP contribution in [0.25, 0.3) is 0 Å². The highest BCUT2D eigenvalue weighted by atomic mass is 32.1. The topological polar surface area (TPSA) is 54.0 Å². The van der Waals surface area contributed by atoms with Gasteiger partial charge in [0.25, 0.3) is 0 Å². The van der Waals surface area contributed by atoms with Crippen molar-refractivity contribution in [2.24, 2.45) is 11.8 Å². The third-order valence-corrected chi connectivity index (χ3v) is 4.19. The van der Waals surface area contributed by atoms with Crippen molar-refractivity contribution in [2.75, 3.05) is 19.6 Å². The third-order valence-electron chi connectivity index (χ3n) is 3.16. The molecule has 1 amide bonds. The van der Waals surface area contributed by atoms with Crippen molar-refractivity contribution in [1.82, 2.24) is 15.6 Å². The summed E-state index contributed by atoms with van der Waals surface area (Å²) in [7, 11) is 0. The van der Waals surface area contributed by atoms with Gasteiger partial charge in [0.05, 0.1) is 10.9 Å². The van der Waals surface area contributed by atoms with Gasteiger partial charge in [-0.2, -0.15) is 0 Å². The Labute approximate surface area is 106 Å². The molecule has 1 aromatic rings. The molecule has 0 aromatic carbocycles. The predicted octanol–water partition coefficient (Wildman–Crippen LogP) is 0.966. The second-order valence-electron chi connectivity index (χ2n) is 4.67. The van der Waals surface area contributed by atoms with E-state index in [9.17, 15) is 4.79 Å². The van der Waals surface area contributed by atoms with Gasteiger partial charge in [-0.25, -0.2) is 4.98 Å². The Morgan fingerprint density at radius 1 is 1.65 bits per heavy atom. The van der Waals surface area contributed by atoms with Crippen LogP contribution in [-0.4, -0.2) is 30.5 Å². The Balaban J connectivity index is 1.73. The minimum Gasteiger partial charge on any atom is -0.355 e. The average Bonchev–Trinajstić information content (AvgIpc) is 2.87. The normalized spacial score (nSPS) is 23.9. The molecule has 1 aliphatic rings. The fourth-order valence-corrected chi connectivity index (χ4v) is 2.88. The van der Waals surface area contributed by atoms with E-state index in [-0.39, 0.29) is 11.8 Å². The number of thiazole rings is 1. The maximum atomic E-state index is 11.9. The Morgan fingerprint density at radius 3 is 3.06 bits per heavy atom. The van der Waals surface area contributed by atoms with E-state index in [1.54, 1.807) is 11.3 Å². The van der Waals surface area contributed by atoms with E-state index in [2.05, 4.69) is 22.5 Å². The molecule has 0 radical (unpaired) electrons. The van der Waals surface area contributed by atoms with E-state index in [0.717, 1.165) is 30.2 Å². The number of carbonyl (C=O) groups excluding carboxylic acids is 1. The van der Waals surface area contributed by atoms with Gasteiger partial charge in [-0.1, -0.05) is 6.92 Å². The Bertz CT molecular complexity index is 391. The van der Waals surface area contributed by atoms with Crippen LogP contribution in [0, 0.1) is 18.8 Å². The molecule has 4 nitrogen and oxygen atoms in total. The SMILES string of the molecule is Cc1csc(CCNC(=O)[C@@H]2CNC[C@H]2C)n1. The van der Waals surface area contributed by atoms with Crippen molar-refractivity contribution < 1.29 is 4.79 Å². The molecule has 2 N–H and O–H groups in total. The molecule has 0 unspecified atom stereocenters. The van der Waals surface area contributed by atoms with Gasteiger partial charge in [0.1, 0.15) is 0 Å². The number of carbonyl (C=O) groups is 1. The van der Waals surface area contributed by atoms with Crippen LogP contribution in [0.4, 0.5) is 0 Å². The van der Waals surface area contributed by atoms with E-state index in [0.29, 0.717) is 12.5 Å². The zero-order valence-electron chi connectivity index (χ0n) is 10.3. The van der Waals surface area contributed by atoms with Crippen LogP contribution in [0.5, 0.6) is 0 Å². The lowest BCUT2D eigenvalue weighted by molar-refractivity contribution is -0.125. The first-order chi connectivity index (χ1) is 8.16. The molecule has 5 heteroatoms. The average molecular weight is 253 g/mol. The zero-order valence-corrected chi connectivity index (χ0v) is 11.1. The summed E-state index contributed by atoms with van der Waals surface area (Å²) in [6, 6.07) is 0. The molecule has 2 heterocycles. The van der Waals surface area contributed by atoms with Crippen LogP contribution in [0.15, 0.2) is 5.38 Å². The predicted molar refractivity (Wildman–Crippen MR) is 69.1 cm³/mol.